The van der Waals surface area contributed by atoms with E-state index >= 15 is 0 Å². The summed E-state index contributed by atoms with van der Waals surface area (Å²) in [5.41, 5.74) is 2.46. The number of rotatable bonds is 5. The van der Waals surface area contributed by atoms with Gasteiger partial charge in [-0.1, -0.05) is 18.2 Å². The van der Waals surface area contributed by atoms with Crippen LogP contribution in [0.3, 0.4) is 0 Å². The van der Waals surface area contributed by atoms with E-state index in [0.29, 0.717) is 17.9 Å². The van der Waals surface area contributed by atoms with Crippen LogP contribution in [0.4, 0.5) is 5.69 Å². The Balaban J connectivity index is 1.89. The first-order chi connectivity index (χ1) is 12.4. The minimum atomic E-state index is -3.65. The van der Waals surface area contributed by atoms with Crippen molar-refractivity contribution < 1.29 is 17.9 Å². The van der Waals surface area contributed by atoms with Gasteiger partial charge < -0.3 is 10.1 Å². The van der Waals surface area contributed by atoms with Crippen molar-refractivity contribution in [3.05, 3.63) is 53.6 Å². The number of aryl methyl sites for hydroxylation is 2. The van der Waals surface area contributed by atoms with E-state index in [4.69, 9.17) is 4.74 Å². The van der Waals surface area contributed by atoms with Crippen LogP contribution in [0.15, 0.2) is 47.4 Å². The molecule has 0 unspecified atom stereocenters. The van der Waals surface area contributed by atoms with E-state index in [9.17, 15) is 13.2 Å². The molecule has 138 valence electrons. The molecule has 0 radical (unpaired) electrons. The van der Waals surface area contributed by atoms with E-state index in [-0.39, 0.29) is 17.4 Å². The van der Waals surface area contributed by atoms with Crippen LogP contribution in [0.25, 0.3) is 0 Å². The zero-order chi connectivity index (χ0) is 18.7. The van der Waals surface area contributed by atoms with Crippen molar-refractivity contribution >= 4 is 21.6 Å². The number of hydrogen-bond acceptors (Lipinski definition) is 4. The Bertz CT molecular complexity index is 925. The number of benzene rings is 2. The van der Waals surface area contributed by atoms with Crippen molar-refractivity contribution in [2.24, 2.45) is 0 Å². The molecule has 0 saturated carbocycles. The highest BCUT2D eigenvalue weighted by Crippen LogP contribution is 2.33. The smallest absolute Gasteiger partial charge is 0.264 e. The van der Waals surface area contributed by atoms with E-state index in [1.807, 2.05) is 24.3 Å². The first kappa shape index (κ1) is 18.3. The van der Waals surface area contributed by atoms with Gasteiger partial charge in [-0.2, -0.15) is 0 Å². The molecule has 7 heteroatoms. The molecule has 1 aliphatic rings. The van der Waals surface area contributed by atoms with Crippen molar-refractivity contribution in [2.45, 2.75) is 24.7 Å². The lowest BCUT2D eigenvalue weighted by Crippen LogP contribution is -2.35. The van der Waals surface area contributed by atoms with Crippen molar-refractivity contribution in [3.63, 3.8) is 0 Å². The number of fused-ring (bicyclic) bond motifs is 1. The maximum absolute atomic E-state index is 13.1. The Labute approximate surface area is 153 Å². The third-order valence-corrected chi connectivity index (χ3v) is 6.25. The fourth-order valence-corrected chi connectivity index (χ4v) is 4.66. The number of anilines is 1. The van der Waals surface area contributed by atoms with Crippen molar-refractivity contribution in [1.82, 2.24) is 5.32 Å². The summed E-state index contributed by atoms with van der Waals surface area (Å²) in [6.07, 6.45) is 1.68. The molecule has 6 nitrogen and oxygen atoms in total. The number of ether oxygens (including phenoxy) is 1. The maximum atomic E-state index is 13.1. The van der Waals surface area contributed by atoms with Gasteiger partial charge in [0.1, 0.15) is 5.75 Å². The molecule has 1 amide bonds. The van der Waals surface area contributed by atoms with Crippen LogP contribution in [0.1, 0.15) is 17.5 Å². The molecule has 0 aromatic heterocycles. The summed E-state index contributed by atoms with van der Waals surface area (Å²) in [5, 5.41) is 2.48. The second-order valence-corrected chi connectivity index (χ2v) is 8.06. The molecule has 0 spiro atoms. The molecule has 0 aliphatic carbocycles. The Morgan fingerprint density at radius 3 is 2.73 bits per heavy atom. The Kier molecular flexibility index (Phi) is 5.18. The van der Waals surface area contributed by atoms with Gasteiger partial charge in [0.25, 0.3) is 15.9 Å². The Morgan fingerprint density at radius 1 is 1.23 bits per heavy atom. The summed E-state index contributed by atoms with van der Waals surface area (Å²) in [6, 6.07) is 12.3. The number of carbonyl (C=O) groups is 1. The van der Waals surface area contributed by atoms with Gasteiger partial charge in [0.05, 0.1) is 10.6 Å². The van der Waals surface area contributed by atoms with Crippen LogP contribution in [0.2, 0.25) is 0 Å². The molecule has 0 bridgehead atoms. The molecule has 26 heavy (non-hydrogen) atoms. The lowest BCUT2D eigenvalue weighted by Gasteiger charge is -2.30. The molecule has 0 saturated heterocycles. The third-order valence-electron chi connectivity index (χ3n) is 4.44. The van der Waals surface area contributed by atoms with Crippen LogP contribution in [0.5, 0.6) is 5.75 Å². The number of para-hydroxylation sites is 1. The van der Waals surface area contributed by atoms with Crippen molar-refractivity contribution in [2.75, 3.05) is 24.5 Å². The SMILES string of the molecule is CNC(=O)COc1ccc(S(=O)(=O)N2CCCc3ccccc32)cc1C. The van der Waals surface area contributed by atoms with Gasteiger partial charge in [0, 0.05) is 13.6 Å². The van der Waals surface area contributed by atoms with Gasteiger partial charge >= 0.3 is 0 Å². The largest absolute Gasteiger partial charge is 0.484 e. The van der Waals surface area contributed by atoms with Gasteiger partial charge in [0.2, 0.25) is 0 Å². The normalized spacial score (nSPS) is 13.8. The highest BCUT2D eigenvalue weighted by atomic mass is 32.2. The van der Waals surface area contributed by atoms with E-state index < -0.39 is 10.0 Å². The number of nitrogens with one attached hydrogen (secondary N) is 1. The second-order valence-electron chi connectivity index (χ2n) is 6.20. The van der Waals surface area contributed by atoms with Gasteiger partial charge in [-0.05, 0) is 55.2 Å². The van der Waals surface area contributed by atoms with E-state index in [1.54, 1.807) is 19.1 Å². The fraction of sp³-hybridized carbons (Fsp3) is 0.316. The van der Waals surface area contributed by atoms with Crippen molar-refractivity contribution in [3.8, 4) is 5.75 Å². The molecule has 1 heterocycles. The average Bonchev–Trinajstić information content (AvgIpc) is 2.66. The lowest BCUT2D eigenvalue weighted by molar-refractivity contribution is -0.122. The molecule has 2 aromatic rings. The Morgan fingerprint density at radius 2 is 2.00 bits per heavy atom. The first-order valence-electron chi connectivity index (χ1n) is 8.48. The summed E-state index contributed by atoms with van der Waals surface area (Å²) >= 11 is 0. The maximum Gasteiger partial charge on any atom is 0.264 e. The summed E-state index contributed by atoms with van der Waals surface area (Å²) in [7, 11) is -2.12. The molecule has 2 aromatic carbocycles. The third kappa shape index (κ3) is 3.53. The van der Waals surface area contributed by atoms with Crippen molar-refractivity contribution in [1.29, 1.82) is 0 Å². The molecule has 0 fully saturated rings. The monoisotopic (exact) mass is 374 g/mol. The first-order valence-corrected chi connectivity index (χ1v) is 9.92. The standard InChI is InChI=1S/C19H22N2O4S/c1-14-12-16(9-10-18(14)25-13-19(22)20-2)26(23,24)21-11-5-7-15-6-3-4-8-17(15)21/h3-4,6,8-10,12H,5,7,11,13H2,1-2H3,(H,20,22). The van der Waals surface area contributed by atoms with Gasteiger partial charge in [0.15, 0.2) is 6.61 Å². The number of likely N-dealkylation sites (N-methyl/N-ethyl adjacent to an activating group) is 1. The number of carbonyl (C=O) groups excluding carboxylic acids is 1. The number of nitrogens with zero attached hydrogens (tertiary/aromatic N) is 1. The van der Waals surface area contributed by atoms with Gasteiger partial charge in [-0.15, -0.1) is 0 Å². The Hall–Kier alpha value is -2.54. The zero-order valence-electron chi connectivity index (χ0n) is 14.9. The predicted molar refractivity (Wildman–Crippen MR) is 100 cm³/mol. The molecular weight excluding hydrogens is 352 g/mol. The minimum Gasteiger partial charge on any atom is -0.484 e. The molecular formula is C19H22N2O4S. The fourth-order valence-electron chi connectivity index (χ4n) is 3.04. The van der Waals surface area contributed by atoms with E-state index in [1.165, 1.54) is 17.4 Å². The highest BCUT2D eigenvalue weighted by Gasteiger charge is 2.29. The summed E-state index contributed by atoms with van der Waals surface area (Å²) < 4.78 is 33.2. The van der Waals surface area contributed by atoms with Gasteiger partial charge in [-0.3, -0.25) is 9.10 Å². The zero-order valence-corrected chi connectivity index (χ0v) is 15.7. The molecule has 1 N–H and O–H groups in total. The number of hydrogen-bond donors (Lipinski definition) is 1. The van der Waals surface area contributed by atoms with Crippen LogP contribution in [-0.4, -0.2) is 34.5 Å². The predicted octanol–water partition coefficient (Wildman–Crippen LogP) is 2.26. The minimum absolute atomic E-state index is 0.108. The van der Waals surface area contributed by atoms with E-state index in [0.717, 1.165) is 24.1 Å². The topological polar surface area (TPSA) is 75.7 Å². The number of sulfonamides is 1. The average molecular weight is 374 g/mol. The quantitative estimate of drug-likeness (QED) is 0.871. The lowest BCUT2D eigenvalue weighted by atomic mass is 10.0. The second kappa shape index (κ2) is 7.37. The van der Waals surface area contributed by atoms with Crippen LogP contribution in [-0.2, 0) is 21.2 Å². The molecule has 1 aliphatic heterocycles. The summed E-state index contributed by atoms with van der Waals surface area (Å²) in [5.74, 6) is 0.248. The van der Waals surface area contributed by atoms with E-state index in [2.05, 4.69) is 5.32 Å². The van der Waals surface area contributed by atoms with Crippen LogP contribution in [0, 0.1) is 6.92 Å². The van der Waals surface area contributed by atoms with Gasteiger partial charge in [-0.25, -0.2) is 8.42 Å². The number of amides is 1. The summed E-state index contributed by atoms with van der Waals surface area (Å²) in [6.45, 7) is 2.12. The highest BCUT2D eigenvalue weighted by molar-refractivity contribution is 7.92. The molecule has 3 rings (SSSR count). The van der Waals surface area contributed by atoms with Crippen LogP contribution >= 0.6 is 0 Å². The summed E-state index contributed by atoms with van der Waals surface area (Å²) in [4.78, 5) is 11.5. The van der Waals surface area contributed by atoms with Crippen LogP contribution < -0.4 is 14.4 Å². The molecule has 0 atom stereocenters.